The Hall–Kier alpha value is -13.0. The van der Waals surface area contributed by atoms with E-state index in [9.17, 15) is 50.1 Å². The number of benzene rings is 9. The molecule has 0 fully saturated rings. The van der Waals surface area contributed by atoms with Gasteiger partial charge in [-0.25, -0.2) is 59.2 Å². The number of aromatic hydroxyl groups is 6. The van der Waals surface area contributed by atoms with Crippen LogP contribution in [0.1, 0.15) is 63.0 Å². The van der Waals surface area contributed by atoms with Gasteiger partial charge in [0.25, 0.3) is 0 Å². The number of nitrogens with zero attached hydrogens (tertiary/aromatic N) is 9. The van der Waals surface area contributed by atoms with Crippen molar-refractivity contribution in [1.82, 2.24) is 44.9 Å². The summed E-state index contributed by atoms with van der Waals surface area (Å²) in [6.45, 7) is 5.87. The van der Waals surface area contributed by atoms with Crippen molar-refractivity contribution >= 4 is 17.9 Å². The maximum Gasteiger partial charge on any atom is 0.337 e. The molecule has 0 aliphatic carbocycles. The van der Waals surface area contributed by atoms with Crippen LogP contribution in [-0.2, 0) is 26.2 Å². The number of carbonyl (C=O) groups excluding carboxylic acids is 3. The van der Waals surface area contributed by atoms with Gasteiger partial charge in [-0.2, -0.15) is 0 Å². The van der Waals surface area contributed by atoms with Crippen LogP contribution in [0.4, 0.5) is 0 Å². The lowest BCUT2D eigenvalue weighted by atomic mass is 9.86. The molecule has 12 rings (SSSR count). The topological polar surface area (TPSA) is 346 Å². The lowest BCUT2D eigenvalue weighted by Crippen LogP contribution is -2.10. The highest BCUT2D eigenvalue weighted by Crippen LogP contribution is 2.39. The molecule has 9 aromatic carbocycles. The number of ether oxygens (including phenoxy) is 4. The van der Waals surface area contributed by atoms with Crippen molar-refractivity contribution in [3.05, 3.63) is 228 Å². The van der Waals surface area contributed by atoms with E-state index in [0.29, 0.717) is 84.2 Å². The first kappa shape index (κ1) is 67.9. The predicted molar refractivity (Wildman–Crippen MR) is 364 cm³/mol. The van der Waals surface area contributed by atoms with Crippen molar-refractivity contribution in [3.63, 3.8) is 0 Å². The number of aliphatic hydroxyl groups is 1. The van der Waals surface area contributed by atoms with Gasteiger partial charge in [-0.05, 0) is 126 Å². The van der Waals surface area contributed by atoms with Crippen LogP contribution in [0.2, 0.25) is 0 Å². The van der Waals surface area contributed by atoms with Gasteiger partial charge in [0.15, 0.2) is 52.4 Å². The average Bonchev–Trinajstić information content (AvgIpc) is 0.802. The SMILES string of the molecule is COC(=O)c1ccc(-c2nc(-c3ccccc3O)nc(-c3c(O)cccc3CO)n2)cc1.COC(=O)c1ccc(-c2nc(-c3ccccc3O)nc(-c3cc(OC)ccc3O)n2)cc1.COC(=O)c1ccc(-c2nc(-c3ccccc3O)nc(-c3ccc(C(C)(C)C)cc3O)n2)cc1. The number of hydrogen-bond donors (Lipinski definition) is 7. The minimum atomic E-state index is -0.468. The van der Waals surface area contributed by atoms with Gasteiger partial charge >= 0.3 is 17.9 Å². The van der Waals surface area contributed by atoms with E-state index in [1.807, 2.05) is 6.07 Å². The highest BCUT2D eigenvalue weighted by atomic mass is 16.5. The van der Waals surface area contributed by atoms with E-state index in [0.717, 1.165) is 5.56 Å². The molecule has 0 saturated carbocycles. The Morgan fingerprint density at radius 1 is 0.337 bits per heavy atom. The molecule has 23 nitrogen and oxygen atoms in total. The summed E-state index contributed by atoms with van der Waals surface area (Å²) in [7, 11) is 5.46. The van der Waals surface area contributed by atoms with Crippen LogP contribution in [0, 0.1) is 0 Å². The number of phenolic OH excluding ortho intramolecular Hbond substituents is 6. The van der Waals surface area contributed by atoms with Gasteiger partial charge in [-0.1, -0.05) is 112 Å². The zero-order chi connectivity index (χ0) is 69.8. The van der Waals surface area contributed by atoms with Crippen LogP contribution in [0.25, 0.3) is 102 Å². The molecule has 0 radical (unpaired) electrons. The van der Waals surface area contributed by atoms with Crippen LogP contribution in [0.15, 0.2) is 200 Å². The summed E-state index contributed by atoms with van der Waals surface area (Å²) in [5.41, 5.74) is 6.54. The van der Waals surface area contributed by atoms with E-state index in [-0.39, 0.29) is 92.9 Å². The molecule has 0 bridgehead atoms. The van der Waals surface area contributed by atoms with Gasteiger partial charge in [0, 0.05) is 16.7 Å². The van der Waals surface area contributed by atoms with Crippen molar-refractivity contribution in [1.29, 1.82) is 0 Å². The van der Waals surface area contributed by atoms with Gasteiger partial charge < -0.3 is 54.7 Å². The maximum atomic E-state index is 11.8. The molecule has 0 aliphatic heterocycles. The largest absolute Gasteiger partial charge is 0.507 e. The number of carbonyl (C=O) groups is 3. The number of aliphatic hydroxyl groups excluding tert-OH is 1. The standard InChI is InChI=1S/C27H25N3O4.2C24H19N3O5/c1-27(2,3)18-13-14-20(22(32)15-18)25-29-23(16-9-11-17(12-10-16)26(33)34-4)28-24(30-25)19-7-5-6-8-21(19)31;1-31-16-11-12-20(29)18(13-16)23-26-21(14-7-9-15(10-8-14)24(30)32-2)25-22(27-23)17-5-3-4-6-19(17)28;1-32-24(31)15-11-9-14(10-12-15)21-25-22(17-6-2-3-7-18(17)29)27-23(26-21)20-16(13-28)5-4-8-19(20)30/h5-15,31-32H,1-4H3;3-13,28-29H,1-2H3;2-12,28-30H,13H2,1H3. The third kappa shape index (κ3) is 15.5. The third-order valence-corrected chi connectivity index (χ3v) is 15.1. The number of aromatic nitrogens is 9. The normalized spacial score (nSPS) is 10.9. The zero-order valence-electron chi connectivity index (χ0n) is 53.8. The highest BCUT2D eigenvalue weighted by Gasteiger charge is 2.23. The van der Waals surface area contributed by atoms with E-state index in [1.54, 1.807) is 170 Å². The van der Waals surface area contributed by atoms with E-state index in [4.69, 9.17) is 18.9 Å². The lowest BCUT2D eigenvalue weighted by Gasteiger charge is -2.20. The molecule has 0 spiro atoms. The Labute approximate surface area is 561 Å². The van der Waals surface area contributed by atoms with Crippen molar-refractivity contribution < 1.29 is 69.1 Å². The van der Waals surface area contributed by atoms with E-state index >= 15 is 0 Å². The zero-order valence-corrected chi connectivity index (χ0v) is 53.8. The minimum absolute atomic E-state index is 0.00602. The summed E-state index contributed by atoms with van der Waals surface area (Å²) in [4.78, 5) is 76.0. The first-order chi connectivity index (χ1) is 47.2. The van der Waals surface area contributed by atoms with Gasteiger partial charge in [-0.3, -0.25) is 0 Å². The molecule has 7 N–H and O–H groups in total. The van der Waals surface area contributed by atoms with Crippen LogP contribution in [0.5, 0.6) is 40.2 Å². The van der Waals surface area contributed by atoms with Crippen molar-refractivity contribution in [2.45, 2.75) is 32.8 Å². The van der Waals surface area contributed by atoms with E-state index < -0.39 is 17.9 Å². The number of esters is 3. The number of para-hydroxylation sites is 3. The second-order valence-corrected chi connectivity index (χ2v) is 22.5. The fraction of sp³-hybridized carbons (Fsp3) is 0.120. The summed E-state index contributed by atoms with van der Waals surface area (Å²) in [6, 6.07) is 54.7. The number of methoxy groups -OCH3 is 4. The Bertz CT molecular complexity index is 4910. The Morgan fingerprint density at radius 2 is 0.673 bits per heavy atom. The quantitative estimate of drug-likeness (QED) is 0.0393. The fourth-order valence-electron chi connectivity index (χ4n) is 9.82. The fourth-order valence-corrected chi connectivity index (χ4v) is 9.82. The van der Waals surface area contributed by atoms with E-state index in [2.05, 4.69) is 65.6 Å². The Morgan fingerprint density at radius 3 is 1.03 bits per heavy atom. The van der Waals surface area contributed by atoms with Gasteiger partial charge in [0.05, 0.1) is 85.1 Å². The van der Waals surface area contributed by atoms with E-state index in [1.165, 1.54) is 52.7 Å². The Balaban J connectivity index is 0.000000159. The molecule has 0 atom stereocenters. The van der Waals surface area contributed by atoms with Gasteiger partial charge in [0.2, 0.25) is 0 Å². The van der Waals surface area contributed by atoms with Crippen molar-refractivity contribution in [3.8, 4) is 143 Å². The maximum absolute atomic E-state index is 11.8. The smallest absolute Gasteiger partial charge is 0.337 e. The first-order valence-corrected chi connectivity index (χ1v) is 30.0. The monoisotopic (exact) mass is 1310 g/mol. The molecular weight excluding hydrogens is 1250 g/mol. The predicted octanol–water partition coefficient (Wildman–Crippen LogP) is 13.0. The molecule has 0 amide bonds. The third-order valence-electron chi connectivity index (χ3n) is 15.1. The molecule has 3 aromatic heterocycles. The molecule has 23 heteroatoms. The van der Waals surface area contributed by atoms with Gasteiger partial charge in [0.1, 0.15) is 40.2 Å². The number of rotatable bonds is 14. The summed E-state index contributed by atoms with van der Waals surface area (Å²) < 4.78 is 19.5. The summed E-state index contributed by atoms with van der Waals surface area (Å²) in [5, 5.41) is 72.5. The van der Waals surface area contributed by atoms with Crippen LogP contribution in [-0.4, -0.2) is 127 Å². The summed E-state index contributed by atoms with van der Waals surface area (Å²) in [6.07, 6.45) is 0. The van der Waals surface area contributed by atoms with Crippen molar-refractivity contribution in [2.24, 2.45) is 0 Å². The molecule has 3 heterocycles. The average molecular weight is 1310 g/mol. The van der Waals surface area contributed by atoms with Gasteiger partial charge in [-0.15, -0.1) is 0 Å². The molecule has 98 heavy (non-hydrogen) atoms. The molecule has 0 saturated heterocycles. The van der Waals surface area contributed by atoms with Crippen LogP contribution >= 0.6 is 0 Å². The second kappa shape index (κ2) is 29.9. The number of phenols is 6. The van der Waals surface area contributed by atoms with Crippen LogP contribution < -0.4 is 4.74 Å². The van der Waals surface area contributed by atoms with Crippen molar-refractivity contribution in [2.75, 3.05) is 28.4 Å². The summed E-state index contributed by atoms with van der Waals surface area (Å²) >= 11 is 0. The lowest BCUT2D eigenvalue weighted by molar-refractivity contribution is 0.0592. The number of hydrogen-bond acceptors (Lipinski definition) is 23. The molecule has 12 aromatic rings. The second-order valence-electron chi connectivity index (χ2n) is 22.5. The van der Waals surface area contributed by atoms with Crippen LogP contribution in [0.3, 0.4) is 0 Å². The first-order valence-electron chi connectivity index (χ1n) is 30.0. The summed E-state index contributed by atoms with van der Waals surface area (Å²) in [5.74, 6) is 1.24. The molecule has 0 unspecified atom stereocenters. The molecular formula is C75H63N9O14. The molecule has 492 valence electrons. The minimum Gasteiger partial charge on any atom is -0.507 e. The Kier molecular flexibility index (Phi) is 20.7. The molecule has 0 aliphatic rings. The highest BCUT2D eigenvalue weighted by molar-refractivity contribution is 5.91.